The van der Waals surface area contributed by atoms with Crippen molar-refractivity contribution in [2.75, 3.05) is 69.4 Å². The van der Waals surface area contributed by atoms with Crippen molar-refractivity contribution in [3.05, 3.63) is 12.7 Å². The Balaban J connectivity index is 2.68. The summed E-state index contributed by atoms with van der Waals surface area (Å²) in [5.74, 6) is 1.12. The van der Waals surface area contributed by atoms with Gasteiger partial charge in [-0.2, -0.15) is 15.0 Å². The van der Waals surface area contributed by atoms with E-state index in [2.05, 4.69) is 45.6 Å². The lowest BCUT2D eigenvalue weighted by molar-refractivity contribution is 0.0547. The first-order valence-corrected chi connectivity index (χ1v) is 10.6. The van der Waals surface area contributed by atoms with Crippen LogP contribution in [0.2, 0.25) is 0 Å². The lowest BCUT2D eigenvalue weighted by Gasteiger charge is -2.23. The summed E-state index contributed by atoms with van der Waals surface area (Å²) in [5, 5.41) is 3.19. The fourth-order valence-corrected chi connectivity index (χ4v) is 2.41. The highest BCUT2D eigenvalue weighted by atomic mass is 16.5. The van der Waals surface area contributed by atoms with Crippen molar-refractivity contribution >= 4 is 11.9 Å². The summed E-state index contributed by atoms with van der Waals surface area (Å²) in [6.45, 7) is 13.4. The highest BCUT2D eigenvalue weighted by molar-refractivity contribution is 5.38. The van der Waals surface area contributed by atoms with Crippen LogP contribution in [0.25, 0.3) is 0 Å². The van der Waals surface area contributed by atoms with Gasteiger partial charge in [0.25, 0.3) is 0 Å². The molecule has 0 fully saturated rings. The zero-order chi connectivity index (χ0) is 21.2. The topological polar surface area (TPSA) is 108 Å². The number of nitrogens with zero attached hydrogens (tertiary/aromatic N) is 4. The summed E-state index contributed by atoms with van der Waals surface area (Å²) < 4.78 is 16.4. The van der Waals surface area contributed by atoms with Crippen LogP contribution in [0.5, 0.6) is 6.01 Å². The van der Waals surface area contributed by atoms with Crippen LogP contribution in [0.15, 0.2) is 12.7 Å². The molecule has 0 aliphatic heterocycles. The van der Waals surface area contributed by atoms with Crippen molar-refractivity contribution in [3.8, 4) is 6.01 Å². The molecular formula is C20H38N6O3. The number of nitrogens with two attached hydrogens (primary N) is 1. The fraction of sp³-hybridized carbons (Fsp3) is 0.750. The molecule has 0 spiro atoms. The van der Waals surface area contributed by atoms with Crippen LogP contribution in [-0.4, -0.2) is 74.2 Å². The normalized spacial score (nSPS) is 10.7. The zero-order valence-corrected chi connectivity index (χ0v) is 18.1. The average molecular weight is 411 g/mol. The molecule has 9 nitrogen and oxygen atoms in total. The summed E-state index contributed by atoms with van der Waals surface area (Å²) >= 11 is 0. The Morgan fingerprint density at radius 1 is 1.00 bits per heavy atom. The molecule has 9 heteroatoms. The predicted molar refractivity (Wildman–Crippen MR) is 117 cm³/mol. The number of hydrogen-bond donors (Lipinski definition) is 2. The van der Waals surface area contributed by atoms with Crippen LogP contribution in [-0.2, 0) is 9.47 Å². The molecule has 0 saturated carbocycles. The maximum absolute atomic E-state index is 5.57. The molecule has 0 atom stereocenters. The molecule has 166 valence electrons. The van der Waals surface area contributed by atoms with Gasteiger partial charge in [-0.3, -0.25) is 0 Å². The Morgan fingerprint density at radius 3 is 2.31 bits per heavy atom. The molecule has 0 radical (unpaired) electrons. The summed E-state index contributed by atoms with van der Waals surface area (Å²) in [4.78, 5) is 15.6. The quantitative estimate of drug-likeness (QED) is 0.262. The Morgan fingerprint density at radius 2 is 1.69 bits per heavy atom. The van der Waals surface area contributed by atoms with Gasteiger partial charge in [0.05, 0.1) is 26.4 Å². The van der Waals surface area contributed by atoms with Gasteiger partial charge in [-0.15, -0.1) is 0 Å². The third kappa shape index (κ3) is 11.6. The minimum atomic E-state index is 0.298. The number of aromatic nitrogens is 3. The van der Waals surface area contributed by atoms with Crippen molar-refractivity contribution in [2.24, 2.45) is 5.73 Å². The highest BCUT2D eigenvalue weighted by Crippen LogP contribution is 2.16. The van der Waals surface area contributed by atoms with Crippen molar-refractivity contribution in [3.63, 3.8) is 0 Å². The van der Waals surface area contributed by atoms with E-state index in [1.54, 1.807) is 6.08 Å². The van der Waals surface area contributed by atoms with E-state index in [-0.39, 0.29) is 0 Å². The molecule has 0 unspecified atom stereocenters. The molecule has 0 aliphatic rings. The SMILES string of the molecule is C=CCOc1nc(NCCOCCOCCN)nc(N(CCCC)CCCC)n1. The van der Waals surface area contributed by atoms with Gasteiger partial charge < -0.3 is 30.2 Å². The number of hydrogen-bond acceptors (Lipinski definition) is 9. The molecule has 1 rings (SSSR count). The molecule has 3 N–H and O–H groups in total. The van der Waals surface area contributed by atoms with E-state index in [9.17, 15) is 0 Å². The molecule has 0 amide bonds. The first kappa shape index (κ1) is 25.1. The maximum Gasteiger partial charge on any atom is 0.323 e. The summed E-state index contributed by atoms with van der Waals surface area (Å²) in [5.41, 5.74) is 5.37. The monoisotopic (exact) mass is 410 g/mol. The fourth-order valence-electron chi connectivity index (χ4n) is 2.41. The Bertz CT molecular complexity index is 539. The minimum Gasteiger partial charge on any atom is -0.459 e. The second-order valence-electron chi connectivity index (χ2n) is 6.48. The Labute approximate surface area is 175 Å². The maximum atomic E-state index is 5.57. The van der Waals surface area contributed by atoms with Gasteiger partial charge in [0.15, 0.2) is 0 Å². The lowest BCUT2D eigenvalue weighted by Crippen LogP contribution is -2.28. The largest absolute Gasteiger partial charge is 0.459 e. The molecule has 1 heterocycles. The van der Waals surface area contributed by atoms with Crippen LogP contribution < -0.4 is 20.7 Å². The summed E-state index contributed by atoms with van der Waals surface area (Å²) in [6, 6.07) is 0.298. The van der Waals surface area contributed by atoms with Crippen molar-refractivity contribution < 1.29 is 14.2 Å². The molecule has 0 aromatic carbocycles. The van der Waals surface area contributed by atoms with Gasteiger partial charge in [0.1, 0.15) is 6.61 Å². The molecule has 0 aliphatic carbocycles. The Kier molecular flexibility index (Phi) is 14.6. The minimum absolute atomic E-state index is 0.298. The molecule has 1 aromatic rings. The van der Waals surface area contributed by atoms with Crippen molar-refractivity contribution in [2.45, 2.75) is 39.5 Å². The van der Waals surface area contributed by atoms with E-state index in [1.165, 1.54) is 0 Å². The van der Waals surface area contributed by atoms with Gasteiger partial charge in [-0.05, 0) is 12.8 Å². The highest BCUT2D eigenvalue weighted by Gasteiger charge is 2.14. The van der Waals surface area contributed by atoms with Gasteiger partial charge in [0, 0.05) is 26.2 Å². The average Bonchev–Trinajstić information content (AvgIpc) is 2.74. The van der Waals surface area contributed by atoms with E-state index in [1.807, 2.05) is 0 Å². The van der Waals surface area contributed by atoms with E-state index < -0.39 is 0 Å². The third-order valence-electron chi connectivity index (χ3n) is 3.94. The van der Waals surface area contributed by atoms with E-state index in [0.717, 1.165) is 38.8 Å². The number of rotatable bonds is 19. The number of unbranched alkanes of at least 4 members (excludes halogenated alkanes) is 2. The molecule has 0 saturated heterocycles. The zero-order valence-electron chi connectivity index (χ0n) is 18.1. The van der Waals surface area contributed by atoms with Crippen molar-refractivity contribution in [1.82, 2.24) is 15.0 Å². The standard InChI is InChI=1S/C20H38N6O3/c1-4-7-11-26(12-8-5-2)19-23-18(24-20(25-19)29-13-6-3)22-10-15-28-17-16-27-14-9-21/h6H,3-5,7-17,21H2,1-2H3,(H,22,23,24,25). The number of nitrogens with one attached hydrogen (secondary N) is 1. The molecular weight excluding hydrogens is 372 g/mol. The molecule has 29 heavy (non-hydrogen) atoms. The smallest absolute Gasteiger partial charge is 0.323 e. The van der Waals surface area contributed by atoms with E-state index in [0.29, 0.717) is 64.0 Å². The predicted octanol–water partition coefficient (Wildman–Crippen LogP) is 2.25. The van der Waals surface area contributed by atoms with Gasteiger partial charge in [-0.1, -0.05) is 39.3 Å². The first-order chi connectivity index (χ1) is 14.2. The number of anilines is 2. The third-order valence-corrected chi connectivity index (χ3v) is 3.94. The van der Waals surface area contributed by atoms with Crippen LogP contribution in [0, 0.1) is 0 Å². The Hall–Kier alpha value is -1.97. The number of ether oxygens (including phenoxy) is 3. The van der Waals surface area contributed by atoms with E-state index in [4.69, 9.17) is 19.9 Å². The van der Waals surface area contributed by atoms with Gasteiger partial charge >= 0.3 is 6.01 Å². The first-order valence-electron chi connectivity index (χ1n) is 10.6. The van der Waals surface area contributed by atoms with E-state index >= 15 is 0 Å². The second kappa shape index (κ2) is 16.9. The van der Waals surface area contributed by atoms with Gasteiger partial charge in [-0.25, -0.2) is 0 Å². The van der Waals surface area contributed by atoms with Gasteiger partial charge in [0.2, 0.25) is 11.9 Å². The second-order valence-corrected chi connectivity index (χ2v) is 6.48. The van der Waals surface area contributed by atoms with Crippen LogP contribution in [0.4, 0.5) is 11.9 Å². The summed E-state index contributed by atoms with van der Waals surface area (Å²) in [7, 11) is 0. The van der Waals surface area contributed by atoms with Crippen LogP contribution in [0.1, 0.15) is 39.5 Å². The molecule has 0 bridgehead atoms. The van der Waals surface area contributed by atoms with Crippen molar-refractivity contribution in [1.29, 1.82) is 0 Å². The van der Waals surface area contributed by atoms with Crippen LogP contribution in [0.3, 0.4) is 0 Å². The molecule has 1 aromatic heterocycles. The lowest BCUT2D eigenvalue weighted by atomic mass is 10.3. The van der Waals surface area contributed by atoms with Crippen LogP contribution >= 0.6 is 0 Å². The summed E-state index contributed by atoms with van der Waals surface area (Å²) in [6.07, 6.45) is 6.07.